The number of nitro groups is 1. The average molecular weight is 505 g/mol. The minimum Gasteiger partial charge on any atom is -1.00 e. The van der Waals surface area contributed by atoms with Crippen molar-refractivity contribution in [3.63, 3.8) is 0 Å². The Balaban J connectivity index is 0.00000289. The van der Waals surface area contributed by atoms with E-state index in [1.165, 1.54) is 57.1 Å². The van der Waals surface area contributed by atoms with Crippen molar-refractivity contribution in [3.05, 3.63) is 58.4 Å². The van der Waals surface area contributed by atoms with E-state index in [9.17, 15) is 15.2 Å². The Morgan fingerprint density at radius 3 is 2.28 bits per heavy atom. The minimum atomic E-state index is -1.35. The van der Waals surface area contributed by atoms with Crippen LogP contribution in [0, 0.1) is 10.1 Å². The molecule has 8 heteroatoms. The SMILES string of the molecule is O=[N+]([O-])c1cccc(C2(O)C[n+]3cccnc3N2C2CCCCCCCCCCC2)c1.[Br-]. The van der Waals surface area contributed by atoms with Crippen molar-refractivity contribution < 1.29 is 31.6 Å². The van der Waals surface area contributed by atoms with Crippen LogP contribution in [0.5, 0.6) is 0 Å². The van der Waals surface area contributed by atoms with E-state index in [1.807, 2.05) is 16.8 Å². The molecule has 0 saturated heterocycles. The normalized spacial score (nSPS) is 22.8. The Kier molecular flexibility index (Phi) is 8.59. The summed E-state index contributed by atoms with van der Waals surface area (Å²) < 4.78 is 1.97. The molecule has 1 aliphatic heterocycles. The fourth-order valence-electron chi connectivity index (χ4n) is 5.16. The Labute approximate surface area is 200 Å². The molecule has 2 aromatic rings. The van der Waals surface area contributed by atoms with Gasteiger partial charge in [-0.05, 0) is 12.8 Å². The van der Waals surface area contributed by atoms with Gasteiger partial charge < -0.3 is 22.1 Å². The predicted molar refractivity (Wildman–Crippen MR) is 118 cm³/mol. The molecule has 1 aromatic heterocycles. The number of benzene rings is 1. The summed E-state index contributed by atoms with van der Waals surface area (Å²) in [5, 5.41) is 23.4. The first-order valence-electron chi connectivity index (χ1n) is 11.7. The smallest absolute Gasteiger partial charge is 0.397 e. The van der Waals surface area contributed by atoms with Gasteiger partial charge in [-0.25, -0.2) is 9.47 Å². The first-order chi connectivity index (χ1) is 15.1. The van der Waals surface area contributed by atoms with E-state index in [2.05, 4.69) is 9.88 Å². The molecule has 0 bridgehead atoms. The molecule has 2 heterocycles. The van der Waals surface area contributed by atoms with Crippen molar-refractivity contribution in [1.29, 1.82) is 0 Å². The van der Waals surface area contributed by atoms with E-state index in [1.54, 1.807) is 18.3 Å². The lowest BCUT2D eigenvalue weighted by Crippen LogP contribution is -3.00. The second-order valence-electron chi connectivity index (χ2n) is 8.95. The summed E-state index contributed by atoms with van der Waals surface area (Å²) in [6.45, 7) is 0.313. The molecule has 1 N–H and O–H groups in total. The van der Waals surface area contributed by atoms with Gasteiger partial charge in [-0.2, -0.15) is 0 Å². The van der Waals surface area contributed by atoms with Crippen LogP contribution in [0.4, 0.5) is 11.6 Å². The van der Waals surface area contributed by atoms with Gasteiger partial charge in [-0.15, -0.1) is 0 Å². The first kappa shape index (κ1) is 24.6. The largest absolute Gasteiger partial charge is 1.00 e. The third-order valence-corrected chi connectivity index (χ3v) is 6.76. The number of non-ortho nitro benzene ring substituents is 1. The lowest BCUT2D eigenvalue weighted by Gasteiger charge is -2.34. The Hall–Kier alpha value is -2.06. The Morgan fingerprint density at radius 1 is 1.03 bits per heavy atom. The van der Waals surface area contributed by atoms with E-state index in [-0.39, 0.29) is 28.7 Å². The van der Waals surface area contributed by atoms with Crippen LogP contribution in [0.1, 0.15) is 76.2 Å². The molecule has 1 atom stereocenters. The molecule has 4 rings (SSSR count). The van der Waals surface area contributed by atoms with Crippen LogP contribution >= 0.6 is 0 Å². The number of hydrogen-bond acceptors (Lipinski definition) is 5. The molecule has 1 aliphatic carbocycles. The molecular weight excluding hydrogens is 472 g/mol. The summed E-state index contributed by atoms with van der Waals surface area (Å²) in [7, 11) is 0. The number of nitrogens with zero attached hydrogens (tertiary/aromatic N) is 4. The van der Waals surface area contributed by atoms with Crippen molar-refractivity contribution >= 4 is 11.6 Å². The lowest BCUT2D eigenvalue weighted by atomic mass is 9.93. The van der Waals surface area contributed by atoms with Gasteiger partial charge in [0.25, 0.3) is 5.69 Å². The average Bonchev–Trinajstić information content (AvgIpc) is 3.07. The molecular formula is C24H33BrN4O3. The van der Waals surface area contributed by atoms with Crippen LogP contribution < -0.4 is 26.4 Å². The van der Waals surface area contributed by atoms with Crippen LogP contribution in [0.3, 0.4) is 0 Å². The maximum Gasteiger partial charge on any atom is 0.397 e. The number of aromatic nitrogens is 2. The zero-order valence-corrected chi connectivity index (χ0v) is 20.1. The lowest BCUT2D eigenvalue weighted by molar-refractivity contribution is -0.685. The minimum absolute atomic E-state index is 0. The molecule has 1 aromatic carbocycles. The molecule has 2 aliphatic rings. The first-order valence-corrected chi connectivity index (χ1v) is 11.7. The standard InChI is InChI=1S/C24H33N4O3.BrH/c29-24(20-12-10-15-22(18-20)28(30)31)19-26-17-11-16-25-23(26)27(24)21-13-8-6-4-2-1-3-5-7-9-14-21;/h10-12,15-18,21,29H,1-9,13-14,19H2;1H/q+1;/p-1. The van der Waals surface area contributed by atoms with Gasteiger partial charge >= 0.3 is 5.95 Å². The second-order valence-corrected chi connectivity index (χ2v) is 8.95. The van der Waals surface area contributed by atoms with Crippen LogP contribution in [0.15, 0.2) is 42.7 Å². The molecule has 1 saturated carbocycles. The topological polar surface area (TPSA) is 83.4 Å². The number of fused-ring (bicyclic) bond motifs is 1. The van der Waals surface area contributed by atoms with E-state index in [4.69, 9.17) is 0 Å². The molecule has 0 spiro atoms. The maximum atomic E-state index is 12.0. The highest BCUT2D eigenvalue weighted by molar-refractivity contribution is 5.44. The van der Waals surface area contributed by atoms with Gasteiger partial charge in [0.15, 0.2) is 0 Å². The van der Waals surface area contributed by atoms with Crippen LogP contribution in [0.2, 0.25) is 0 Å². The Morgan fingerprint density at radius 2 is 1.66 bits per heavy atom. The van der Waals surface area contributed by atoms with Crippen LogP contribution in [0.25, 0.3) is 0 Å². The number of nitro benzene ring substituents is 1. The molecule has 32 heavy (non-hydrogen) atoms. The van der Waals surface area contributed by atoms with Crippen molar-refractivity contribution in [3.8, 4) is 0 Å². The van der Waals surface area contributed by atoms with Gasteiger partial charge in [0.1, 0.15) is 12.7 Å². The summed E-state index contributed by atoms with van der Waals surface area (Å²) >= 11 is 0. The monoisotopic (exact) mass is 504 g/mol. The van der Waals surface area contributed by atoms with Gasteiger partial charge in [-0.3, -0.25) is 10.1 Å². The molecule has 0 radical (unpaired) electrons. The third-order valence-electron chi connectivity index (χ3n) is 6.76. The van der Waals surface area contributed by atoms with Gasteiger partial charge in [0, 0.05) is 23.8 Å². The molecule has 174 valence electrons. The van der Waals surface area contributed by atoms with E-state index < -0.39 is 10.6 Å². The zero-order valence-electron chi connectivity index (χ0n) is 18.5. The van der Waals surface area contributed by atoms with Crippen molar-refractivity contribution in [2.45, 2.75) is 88.9 Å². The molecule has 7 nitrogen and oxygen atoms in total. The molecule has 1 unspecified atom stereocenters. The zero-order chi connectivity index (χ0) is 21.7. The highest BCUT2D eigenvalue weighted by Gasteiger charge is 2.54. The molecule has 1 fully saturated rings. The summed E-state index contributed by atoms with van der Waals surface area (Å²) in [5.41, 5.74) is -0.799. The van der Waals surface area contributed by atoms with Crippen molar-refractivity contribution in [2.24, 2.45) is 0 Å². The number of rotatable bonds is 3. The van der Waals surface area contributed by atoms with Gasteiger partial charge in [0.2, 0.25) is 5.72 Å². The number of halogens is 1. The quantitative estimate of drug-likeness (QED) is 0.390. The highest BCUT2D eigenvalue weighted by Crippen LogP contribution is 2.39. The van der Waals surface area contributed by atoms with E-state index in [0.717, 1.165) is 31.6 Å². The summed E-state index contributed by atoms with van der Waals surface area (Å²) in [5.74, 6) is 0.744. The van der Waals surface area contributed by atoms with E-state index >= 15 is 0 Å². The van der Waals surface area contributed by atoms with Crippen LogP contribution in [-0.4, -0.2) is 21.1 Å². The summed E-state index contributed by atoms with van der Waals surface area (Å²) in [4.78, 5) is 17.7. The van der Waals surface area contributed by atoms with Crippen LogP contribution in [-0.2, 0) is 12.3 Å². The summed E-state index contributed by atoms with van der Waals surface area (Å²) in [6.07, 6.45) is 16.8. The van der Waals surface area contributed by atoms with Crippen molar-refractivity contribution in [2.75, 3.05) is 4.90 Å². The Bertz CT molecular complexity index is 900. The van der Waals surface area contributed by atoms with Crippen molar-refractivity contribution in [1.82, 2.24) is 4.98 Å². The summed E-state index contributed by atoms with van der Waals surface area (Å²) in [6, 6.07) is 8.44. The number of anilines is 1. The fourth-order valence-corrected chi connectivity index (χ4v) is 5.16. The number of hydrogen-bond donors (Lipinski definition) is 1. The fraction of sp³-hybridized carbons (Fsp3) is 0.583. The third kappa shape index (κ3) is 5.29. The maximum absolute atomic E-state index is 12.0. The van der Waals surface area contributed by atoms with E-state index in [0.29, 0.717) is 12.1 Å². The highest BCUT2D eigenvalue weighted by atomic mass is 79.9. The van der Waals surface area contributed by atoms with Gasteiger partial charge in [-0.1, -0.05) is 74.9 Å². The van der Waals surface area contributed by atoms with Gasteiger partial charge in [0.05, 0.1) is 17.2 Å². The predicted octanol–water partition coefficient (Wildman–Crippen LogP) is 1.62. The second kappa shape index (κ2) is 11.2. The number of aliphatic hydroxyl groups is 1. The molecule has 0 amide bonds.